The summed E-state index contributed by atoms with van der Waals surface area (Å²) < 4.78 is 11.6. The smallest absolute Gasteiger partial charge is 0.307 e. The van der Waals surface area contributed by atoms with Crippen LogP contribution in [-0.2, 0) is 17.6 Å². The van der Waals surface area contributed by atoms with Crippen molar-refractivity contribution in [3.8, 4) is 5.75 Å². The highest BCUT2D eigenvalue weighted by Crippen LogP contribution is 2.47. The van der Waals surface area contributed by atoms with Gasteiger partial charge in [-0.3, -0.25) is 4.79 Å². The van der Waals surface area contributed by atoms with Gasteiger partial charge in [-0.2, -0.15) is 0 Å². The van der Waals surface area contributed by atoms with Crippen molar-refractivity contribution in [1.82, 2.24) is 0 Å². The average Bonchev–Trinajstić information content (AvgIpc) is 3.29. The van der Waals surface area contributed by atoms with Crippen LogP contribution < -0.4 is 4.74 Å². The number of aryl methyl sites for hydroxylation is 1. The van der Waals surface area contributed by atoms with Crippen LogP contribution >= 0.6 is 0 Å². The molecule has 132 valence electrons. The summed E-state index contributed by atoms with van der Waals surface area (Å²) in [4.78, 5) is 12.2. The predicted octanol–water partition coefficient (Wildman–Crippen LogP) is 4.53. The van der Waals surface area contributed by atoms with Gasteiger partial charge in [0.1, 0.15) is 17.3 Å². The average molecular weight is 340 g/mol. The first-order valence-electron chi connectivity index (χ1n) is 9.24. The quantitative estimate of drug-likeness (QED) is 0.888. The lowest BCUT2D eigenvalue weighted by molar-refractivity contribution is -0.144. The summed E-state index contributed by atoms with van der Waals surface area (Å²) in [5, 5.41) is 9.99. The third-order valence-electron chi connectivity index (χ3n) is 5.73. The molecule has 1 N–H and O–H groups in total. The van der Waals surface area contributed by atoms with Crippen molar-refractivity contribution in [3.63, 3.8) is 0 Å². The molecule has 0 radical (unpaired) electrons. The summed E-state index contributed by atoms with van der Waals surface area (Å²) in [5.41, 5.74) is 2.31. The SMILES string of the molecule is CCc1ccc(C2CCCC(c3ccc4c(c3)OCC4)C2C(=O)O)o1. The van der Waals surface area contributed by atoms with Gasteiger partial charge in [-0.15, -0.1) is 0 Å². The van der Waals surface area contributed by atoms with Crippen LogP contribution in [0, 0.1) is 5.92 Å². The maximum Gasteiger partial charge on any atom is 0.307 e. The van der Waals surface area contributed by atoms with E-state index in [2.05, 4.69) is 18.2 Å². The molecule has 4 nitrogen and oxygen atoms in total. The first-order valence-corrected chi connectivity index (χ1v) is 9.24. The second kappa shape index (κ2) is 6.58. The molecule has 0 bridgehead atoms. The van der Waals surface area contributed by atoms with E-state index >= 15 is 0 Å². The van der Waals surface area contributed by atoms with Crippen molar-refractivity contribution in [2.75, 3.05) is 6.61 Å². The monoisotopic (exact) mass is 340 g/mol. The fraction of sp³-hybridized carbons (Fsp3) is 0.476. The van der Waals surface area contributed by atoms with Gasteiger partial charge in [0, 0.05) is 18.8 Å². The van der Waals surface area contributed by atoms with Crippen LogP contribution in [0.25, 0.3) is 0 Å². The normalized spacial score (nSPS) is 25.4. The third kappa shape index (κ3) is 2.94. The molecule has 0 amide bonds. The Balaban J connectivity index is 1.68. The number of ether oxygens (including phenoxy) is 1. The molecule has 1 aliphatic heterocycles. The molecule has 2 heterocycles. The summed E-state index contributed by atoms with van der Waals surface area (Å²) in [6.45, 7) is 2.77. The fourth-order valence-corrected chi connectivity index (χ4v) is 4.43. The Morgan fingerprint density at radius 1 is 1.20 bits per heavy atom. The number of carboxylic acids is 1. The fourth-order valence-electron chi connectivity index (χ4n) is 4.43. The van der Waals surface area contributed by atoms with Gasteiger partial charge in [-0.1, -0.05) is 25.5 Å². The van der Waals surface area contributed by atoms with Gasteiger partial charge >= 0.3 is 5.97 Å². The Kier molecular flexibility index (Phi) is 4.28. The van der Waals surface area contributed by atoms with E-state index in [1.54, 1.807) is 0 Å². The van der Waals surface area contributed by atoms with Gasteiger partial charge in [0.25, 0.3) is 0 Å². The molecule has 1 aromatic heterocycles. The Morgan fingerprint density at radius 2 is 2.04 bits per heavy atom. The lowest BCUT2D eigenvalue weighted by atomic mass is 9.68. The number of furan rings is 1. The van der Waals surface area contributed by atoms with E-state index in [-0.39, 0.29) is 11.8 Å². The number of fused-ring (bicyclic) bond motifs is 1. The minimum absolute atomic E-state index is 0.000858. The molecule has 1 saturated carbocycles. The number of rotatable bonds is 4. The van der Waals surface area contributed by atoms with Gasteiger partial charge < -0.3 is 14.3 Å². The van der Waals surface area contributed by atoms with Crippen LogP contribution in [0.5, 0.6) is 5.75 Å². The molecule has 2 aliphatic rings. The molecule has 25 heavy (non-hydrogen) atoms. The lowest BCUT2D eigenvalue weighted by Gasteiger charge is -2.35. The third-order valence-corrected chi connectivity index (χ3v) is 5.73. The van der Waals surface area contributed by atoms with E-state index in [0.29, 0.717) is 0 Å². The topological polar surface area (TPSA) is 59.7 Å². The molecule has 4 rings (SSSR count). The first-order chi connectivity index (χ1) is 12.2. The minimum atomic E-state index is -0.731. The van der Waals surface area contributed by atoms with Crippen molar-refractivity contribution in [3.05, 3.63) is 53.0 Å². The van der Waals surface area contributed by atoms with Crippen molar-refractivity contribution < 1.29 is 19.1 Å². The maximum absolute atomic E-state index is 12.2. The van der Waals surface area contributed by atoms with Crippen LogP contribution in [0.4, 0.5) is 0 Å². The van der Waals surface area contributed by atoms with Crippen LogP contribution in [-0.4, -0.2) is 17.7 Å². The molecular weight excluding hydrogens is 316 g/mol. The number of carbonyl (C=O) groups is 1. The lowest BCUT2D eigenvalue weighted by Crippen LogP contribution is -2.32. The second-order valence-corrected chi connectivity index (χ2v) is 7.13. The minimum Gasteiger partial charge on any atom is -0.493 e. The molecule has 0 spiro atoms. The summed E-state index contributed by atoms with van der Waals surface area (Å²) in [6, 6.07) is 10.2. The van der Waals surface area contributed by atoms with Gasteiger partial charge in [0.05, 0.1) is 12.5 Å². The summed E-state index contributed by atoms with van der Waals surface area (Å²) in [6.07, 6.45) is 4.55. The second-order valence-electron chi connectivity index (χ2n) is 7.13. The first kappa shape index (κ1) is 16.2. The van der Waals surface area contributed by atoms with Crippen LogP contribution in [0.1, 0.15) is 60.7 Å². The molecule has 3 atom stereocenters. The summed E-state index contributed by atoms with van der Waals surface area (Å²) in [7, 11) is 0. The largest absolute Gasteiger partial charge is 0.493 e. The van der Waals surface area contributed by atoms with Crippen molar-refractivity contribution in [1.29, 1.82) is 0 Å². The molecule has 0 saturated heterocycles. The zero-order valence-electron chi connectivity index (χ0n) is 14.5. The van der Waals surface area contributed by atoms with Gasteiger partial charge in [-0.05, 0) is 48.1 Å². The van der Waals surface area contributed by atoms with E-state index in [1.807, 2.05) is 19.1 Å². The number of hydrogen-bond acceptors (Lipinski definition) is 3. The number of carboxylic acid groups (broad SMARTS) is 1. The molecule has 4 heteroatoms. The zero-order valence-corrected chi connectivity index (χ0v) is 14.5. The zero-order chi connectivity index (χ0) is 17.4. The number of aliphatic carboxylic acids is 1. The summed E-state index contributed by atoms with van der Waals surface area (Å²) >= 11 is 0. The van der Waals surface area contributed by atoms with Crippen molar-refractivity contribution in [2.24, 2.45) is 5.92 Å². The van der Waals surface area contributed by atoms with Crippen LogP contribution in [0.3, 0.4) is 0 Å². The maximum atomic E-state index is 12.2. The van der Waals surface area contributed by atoms with E-state index < -0.39 is 11.9 Å². The van der Waals surface area contributed by atoms with Gasteiger partial charge in [0.2, 0.25) is 0 Å². The van der Waals surface area contributed by atoms with Gasteiger partial charge in [0.15, 0.2) is 0 Å². The standard InChI is InChI=1S/C21H24O4/c1-2-15-8-9-18(25-15)17-5-3-4-16(20(17)21(22)23)14-7-6-13-10-11-24-19(13)12-14/h6-9,12,16-17,20H,2-5,10-11H2,1H3,(H,22,23). The van der Waals surface area contributed by atoms with E-state index in [0.717, 1.165) is 61.5 Å². The van der Waals surface area contributed by atoms with Crippen molar-refractivity contribution >= 4 is 5.97 Å². The molecule has 3 unspecified atom stereocenters. The van der Waals surface area contributed by atoms with Gasteiger partial charge in [-0.25, -0.2) is 0 Å². The number of hydrogen-bond donors (Lipinski definition) is 1. The van der Waals surface area contributed by atoms with Crippen LogP contribution in [0.2, 0.25) is 0 Å². The van der Waals surface area contributed by atoms with E-state index in [9.17, 15) is 9.90 Å². The molecule has 1 aromatic carbocycles. The molecular formula is C21H24O4. The van der Waals surface area contributed by atoms with E-state index in [4.69, 9.17) is 9.15 Å². The van der Waals surface area contributed by atoms with E-state index in [1.165, 1.54) is 5.56 Å². The Morgan fingerprint density at radius 3 is 2.80 bits per heavy atom. The Labute approximate surface area is 147 Å². The van der Waals surface area contributed by atoms with Crippen LogP contribution in [0.15, 0.2) is 34.7 Å². The summed E-state index contributed by atoms with van der Waals surface area (Å²) in [5.74, 6) is 1.43. The highest BCUT2D eigenvalue weighted by atomic mass is 16.5. The van der Waals surface area contributed by atoms with Crippen molar-refractivity contribution in [2.45, 2.75) is 50.9 Å². The molecule has 1 aliphatic carbocycles. The Hall–Kier alpha value is -2.23. The predicted molar refractivity (Wildman–Crippen MR) is 94.2 cm³/mol. The number of benzene rings is 1. The molecule has 2 aromatic rings. The highest BCUT2D eigenvalue weighted by molar-refractivity contribution is 5.73. The highest BCUT2D eigenvalue weighted by Gasteiger charge is 2.41. The Bertz CT molecular complexity index is 776. The molecule has 1 fully saturated rings.